The SMILES string of the molecule is CCOc1ccc(CC(CNC(=O)[C@H](C)N)C(=O)OC)cc1. The summed E-state index contributed by atoms with van der Waals surface area (Å²) in [6.45, 7) is 4.31. The number of amides is 1. The highest BCUT2D eigenvalue weighted by molar-refractivity contribution is 5.82. The lowest BCUT2D eigenvalue weighted by Gasteiger charge is -2.16. The van der Waals surface area contributed by atoms with Gasteiger partial charge in [-0.15, -0.1) is 0 Å². The molecule has 1 aromatic rings. The molecule has 0 aliphatic heterocycles. The average Bonchev–Trinajstić information content (AvgIpc) is 2.52. The number of methoxy groups -OCH3 is 1. The number of nitrogens with one attached hydrogen (secondary N) is 1. The molecule has 2 atom stereocenters. The lowest BCUT2D eigenvalue weighted by molar-refractivity contribution is -0.145. The molecule has 1 unspecified atom stereocenters. The molecule has 0 aliphatic rings. The topological polar surface area (TPSA) is 90.6 Å². The van der Waals surface area contributed by atoms with Gasteiger partial charge < -0.3 is 20.5 Å². The van der Waals surface area contributed by atoms with Crippen LogP contribution in [0.1, 0.15) is 19.4 Å². The summed E-state index contributed by atoms with van der Waals surface area (Å²) in [5.74, 6) is -0.323. The van der Waals surface area contributed by atoms with Gasteiger partial charge in [-0.2, -0.15) is 0 Å². The summed E-state index contributed by atoms with van der Waals surface area (Å²) in [6, 6.07) is 6.90. The zero-order valence-electron chi connectivity index (χ0n) is 13.3. The fourth-order valence-electron chi connectivity index (χ4n) is 1.96. The van der Waals surface area contributed by atoms with Crippen molar-refractivity contribution in [1.29, 1.82) is 0 Å². The molecule has 0 aliphatic carbocycles. The predicted octanol–water partition coefficient (Wildman–Crippen LogP) is 0.880. The van der Waals surface area contributed by atoms with E-state index in [1.165, 1.54) is 7.11 Å². The molecule has 0 bridgehead atoms. The summed E-state index contributed by atoms with van der Waals surface area (Å²) >= 11 is 0. The van der Waals surface area contributed by atoms with Crippen LogP contribution in [0.25, 0.3) is 0 Å². The van der Waals surface area contributed by atoms with E-state index in [2.05, 4.69) is 5.32 Å². The average molecular weight is 308 g/mol. The van der Waals surface area contributed by atoms with Crippen LogP contribution in [0.5, 0.6) is 5.75 Å². The molecular formula is C16H24N2O4. The van der Waals surface area contributed by atoms with E-state index >= 15 is 0 Å². The molecule has 6 nitrogen and oxygen atoms in total. The van der Waals surface area contributed by atoms with Crippen LogP contribution in [0.15, 0.2) is 24.3 Å². The Morgan fingerprint density at radius 2 is 1.91 bits per heavy atom. The Morgan fingerprint density at radius 3 is 2.41 bits per heavy atom. The largest absolute Gasteiger partial charge is 0.494 e. The minimum atomic E-state index is -0.608. The molecule has 0 radical (unpaired) electrons. The number of benzene rings is 1. The molecule has 0 aromatic heterocycles. The number of hydrogen-bond donors (Lipinski definition) is 2. The van der Waals surface area contributed by atoms with E-state index in [-0.39, 0.29) is 18.4 Å². The molecule has 1 rings (SSSR count). The number of nitrogens with two attached hydrogens (primary N) is 1. The smallest absolute Gasteiger partial charge is 0.310 e. The molecule has 6 heteroatoms. The maximum atomic E-state index is 11.8. The molecular weight excluding hydrogens is 284 g/mol. The Balaban J connectivity index is 2.68. The molecule has 0 saturated carbocycles. The van der Waals surface area contributed by atoms with Crippen LogP contribution in [-0.2, 0) is 20.7 Å². The lowest BCUT2D eigenvalue weighted by Crippen LogP contribution is -2.42. The molecule has 22 heavy (non-hydrogen) atoms. The summed E-state index contributed by atoms with van der Waals surface area (Å²) in [5, 5.41) is 2.66. The zero-order valence-corrected chi connectivity index (χ0v) is 13.3. The van der Waals surface area contributed by atoms with Crippen molar-refractivity contribution in [2.75, 3.05) is 20.3 Å². The highest BCUT2D eigenvalue weighted by Crippen LogP contribution is 2.15. The van der Waals surface area contributed by atoms with Crippen molar-refractivity contribution in [1.82, 2.24) is 5.32 Å². The highest BCUT2D eigenvalue weighted by atomic mass is 16.5. The maximum Gasteiger partial charge on any atom is 0.310 e. The van der Waals surface area contributed by atoms with Crippen molar-refractivity contribution in [2.45, 2.75) is 26.3 Å². The Bertz CT molecular complexity index is 485. The number of hydrogen-bond acceptors (Lipinski definition) is 5. The van der Waals surface area contributed by atoms with Gasteiger partial charge in [0.2, 0.25) is 5.91 Å². The van der Waals surface area contributed by atoms with Gasteiger partial charge >= 0.3 is 5.97 Å². The minimum absolute atomic E-state index is 0.195. The second-order valence-corrected chi connectivity index (χ2v) is 5.03. The van der Waals surface area contributed by atoms with Crippen LogP contribution in [0.3, 0.4) is 0 Å². The van der Waals surface area contributed by atoms with Gasteiger partial charge in [-0.25, -0.2) is 0 Å². The van der Waals surface area contributed by atoms with Gasteiger partial charge in [-0.1, -0.05) is 12.1 Å². The third-order valence-electron chi connectivity index (χ3n) is 3.19. The summed E-state index contributed by atoms with van der Waals surface area (Å²) in [6.07, 6.45) is 0.471. The first kappa shape index (κ1) is 18.0. The standard InChI is InChI=1S/C16H24N2O4/c1-4-22-14-7-5-12(6-8-14)9-13(16(20)21-3)10-18-15(19)11(2)17/h5-8,11,13H,4,9-10,17H2,1-3H3,(H,18,19)/t11-,13?/m0/s1. The normalized spacial score (nSPS) is 13.1. The van der Waals surface area contributed by atoms with Crippen molar-refractivity contribution >= 4 is 11.9 Å². The molecule has 122 valence electrons. The Hall–Kier alpha value is -2.08. The molecule has 1 amide bonds. The molecule has 1 aromatic carbocycles. The fraction of sp³-hybridized carbons (Fsp3) is 0.500. The van der Waals surface area contributed by atoms with Crippen LogP contribution in [0.4, 0.5) is 0 Å². The van der Waals surface area contributed by atoms with Crippen molar-refractivity contribution in [3.63, 3.8) is 0 Å². The molecule has 3 N–H and O–H groups in total. The lowest BCUT2D eigenvalue weighted by atomic mass is 9.99. The van der Waals surface area contributed by atoms with Crippen LogP contribution in [0, 0.1) is 5.92 Å². The third-order valence-corrected chi connectivity index (χ3v) is 3.19. The van der Waals surface area contributed by atoms with E-state index in [0.29, 0.717) is 13.0 Å². The van der Waals surface area contributed by atoms with Gasteiger partial charge in [0.05, 0.1) is 25.7 Å². The molecule has 0 saturated heterocycles. The Morgan fingerprint density at radius 1 is 1.27 bits per heavy atom. The van der Waals surface area contributed by atoms with Crippen LogP contribution in [0.2, 0.25) is 0 Å². The van der Waals surface area contributed by atoms with Gasteiger partial charge in [-0.05, 0) is 38.0 Å². The predicted molar refractivity (Wildman–Crippen MR) is 83.5 cm³/mol. The second kappa shape index (κ2) is 9.04. The summed E-state index contributed by atoms with van der Waals surface area (Å²) < 4.78 is 10.2. The molecule has 0 spiro atoms. The number of carbonyl (C=O) groups excluding carboxylic acids is 2. The van der Waals surface area contributed by atoms with Gasteiger partial charge in [0, 0.05) is 6.54 Å². The first-order valence-corrected chi connectivity index (χ1v) is 7.30. The van der Waals surface area contributed by atoms with Crippen molar-refractivity contribution in [3.05, 3.63) is 29.8 Å². The summed E-state index contributed by atoms with van der Waals surface area (Å²) in [4.78, 5) is 23.4. The minimum Gasteiger partial charge on any atom is -0.494 e. The van der Waals surface area contributed by atoms with E-state index in [9.17, 15) is 9.59 Å². The first-order chi connectivity index (χ1) is 10.5. The quantitative estimate of drug-likeness (QED) is 0.696. The Labute approximate surface area is 131 Å². The van der Waals surface area contributed by atoms with E-state index in [1.54, 1.807) is 6.92 Å². The summed E-state index contributed by atoms with van der Waals surface area (Å²) in [7, 11) is 1.33. The molecule has 0 fully saturated rings. The Kier molecular flexibility index (Phi) is 7.39. The van der Waals surface area contributed by atoms with Crippen molar-refractivity contribution in [3.8, 4) is 5.75 Å². The highest BCUT2D eigenvalue weighted by Gasteiger charge is 2.21. The molecule has 0 heterocycles. The first-order valence-electron chi connectivity index (χ1n) is 7.30. The number of ether oxygens (including phenoxy) is 2. The van der Waals surface area contributed by atoms with E-state index in [4.69, 9.17) is 15.2 Å². The van der Waals surface area contributed by atoms with E-state index in [0.717, 1.165) is 11.3 Å². The van der Waals surface area contributed by atoms with Gasteiger partial charge in [0.15, 0.2) is 0 Å². The number of esters is 1. The summed E-state index contributed by atoms with van der Waals surface area (Å²) in [5.41, 5.74) is 6.45. The van der Waals surface area contributed by atoms with E-state index < -0.39 is 12.0 Å². The van der Waals surface area contributed by atoms with Gasteiger partial charge in [0.25, 0.3) is 0 Å². The van der Waals surface area contributed by atoms with Gasteiger partial charge in [0.1, 0.15) is 5.75 Å². The number of rotatable bonds is 8. The van der Waals surface area contributed by atoms with Crippen molar-refractivity contribution in [2.24, 2.45) is 11.7 Å². The maximum absolute atomic E-state index is 11.8. The number of carbonyl (C=O) groups is 2. The monoisotopic (exact) mass is 308 g/mol. The van der Waals surface area contributed by atoms with Crippen LogP contribution < -0.4 is 15.8 Å². The van der Waals surface area contributed by atoms with Crippen molar-refractivity contribution < 1.29 is 19.1 Å². The van der Waals surface area contributed by atoms with Crippen LogP contribution >= 0.6 is 0 Å². The van der Waals surface area contributed by atoms with Crippen LogP contribution in [-0.4, -0.2) is 38.2 Å². The zero-order chi connectivity index (χ0) is 16.5. The second-order valence-electron chi connectivity index (χ2n) is 5.03. The fourth-order valence-corrected chi connectivity index (χ4v) is 1.96. The van der Waals surface area contributed by atoms with Gasteiger partial charge in [-0.3, -0.25) is 9.59 Å². The third kappa shape index (κ3) is 5.73. The van der Waals surface area contributed by atoms with E-state index in [1.807, 2.05) is 31.2 Å².